The Labute approximate surface area is 135 Å². The molecule has 1 aliphatic heterocycles. The number of nitrogens with one attached hydrogen (secondary N) is 1. The van der Waals surface area contributed by atoms with Crippen LogP contribution in [0.2, 0.25) is 0 Å². The Hall–Kier alpha value is -2.82. The molecule has 1 heterocycles. The predicted molar refractivity (Wildman–Crippen MR) is 92.0 cm³/mol. The van der Waals surface area contributed by atoms with Gasteiger partial charge >= 0.3 is 0 Å². The number of amides is 1. The van der Waals surface area contributed by atoms with E-state index < -0.39 is 0 Å². The highest BCUT2D eigenvalue weighted by molar-refractivity contribution is 6.15. The lowest BCUT2D eigenvalue weighted by Crippen LogP contribution is -2.31. The second-order valence-electron chi connectivity index (χ2n) is 5.39. The number of nitrogens with zero attached hydrogens (tertiary/aromatic N) is 2. The Morgan fingerprint density at radius 1 is 1.13 bits per heavy atom. The normalized spacial score (nSPS) is 17.1. The van der Waals surface area contributed by atoms with Crippen LogP contribution in [0, 0.1) is 5.92 Å². The van der Waals surface area contributed by atoms with Gasteiger partial charge in [0.2, 0.25) is 0 Å². The second-order valence-corrected chi connectivity index (χ2v) is 5.39. The van der Waals surface area contributed by atoms with E-state index >= 15 is 0 Å². The molecule has 0 spiro atoms. The van der Waals surface area contributed by atoms with Gasteiger partial charge in [-0.25, -0.2) is 5.01 Å². The van der Waals surface area contributed by atoms with Crippen molar-refractivity contribution in [3.05, 3.63) is 54.6 Å². The van der Waals surface area contributed by atoms with Crippen LogP contribution in [0.25, 0.3) is 0 Å². The first-order valence-corrected chi connectivity index (χ1v) is 7.51. The molecule has 3 rings (SSSR count). The van der Waals surface area contributed by atoms with E-state index in [0.29, 0.717) is 6.54 Å². The fourth-order valence-electron chi connectivity index (χ4n) is 2.52. The van der Waals surface area contributed by atoms with Crippen LogP contribution < -0.4 is 15.1 Å². The van der Waals surface area contributed by atoms with E-state index in [-0.39, 0.29) is 11.8 Å². The third-order valence-corrected chi connectivity index (χ3v) is 3.87. The molecule has 0 aromatic heterocycles. The highest BCUT2D eigenvalue weighted by Crippen LogP contribution is 2.24. The van der Waals surface area contributed by atoms with Gasteiger partial charge in [-0.15, -0.1) is 0 Å². The summed E-state index contributed by atoms with van der Waals surface area (Å²) in [5.74, 6) is 0.549. The molecule has 0 fully saturated rings. The summed E-state index contributed by atoms with van der Waals surface area (Å²) in [4.78, 5) is 12.6. The molecule has 5 heteroatoms. The van der Waals surface area contributed by atoms with Crippen LogP contribution in [0.1, 0.15) is 6.92 Å². The first-order valence-electron chi connectivity index (χ1n) is 7.51. The first-order chi connectivity index (χ1) is 11.2. The molecule has 1 N–H and O–H groups in total. The molecular formula is C18H19N3O2. The van der Waals surface area contributed by atoms with Crippen LogP contribution in [0.3, 0.4) is 0 Å². The average Bonchev–Trinajstić information content (AvgIpc) is 2.88. The third kappa shape index (κ3) is 3.18. The van der Waals surface area contributed by atoms with Crippen LogP contribution in [-0.4, -0.2) is 25.3 Å². The van der Waals surface area contributed by atoms with Crippen molar-refractivity contribution in [2.75, 3.05) is 24.0 Å². The molecule has 0 saturated heterocycles. The number of hydrazone groups is 1. The SMILES string of the molecule is COc1ccc(NCC2C(=O)N(c3ccccc3)N=C2C)cc1. The molecule has 1 aliphatic rings. The number of carbonyl (C=O) groups is 1. The zero-order valence-corrected chi connectivity index (χ0v) is 13.2. The summed E-state index contributed by atoms with van der Waals surface area (Å²) in [5, 5.41) is 9.17. The van der Waals surface area contributed by atoms with E-state index in [1.165, 1.54) is 5.01 Å². The van der Waals surface area contributed by atoms with Gasteiger partial charge in [0.25, 0.3) is 5.91 Å². The monoisotopic (exact) mass is 309 g/mol. The number of benzene rings is 2. The standard InChI is InChI=1S/C18H19N3O2/c1-13-17(12-19-14-8-10-16(23-2)11-9-14)18(22)21(20-13)15-6-4-3-5-7-15/h3-11,17,19H,12H2,1-2H3. The smallest absolute Gasteiger partial charge is 0.258 e. The molecule has 1 unspecified atom stereocenters. The van der Waals surface area contributed by atoms with Crippen LogP contribution in [-0.2, 0) is 4.79 Å². The van der Waals surface area contributed by atoms with Crippen LogP contribution >= 0.6 is 0 Å². The molecule has 0 bridgehead atoms. The molecule has 118 valence electrons. The largest absolute Gasteiger partial charge is 0.497 e. The maximum absolute atomic E-state index is 12.6. The summed E-state index contributed by atoms with van der Waals surface area (Å²) in [5.41, 5.74) is 2.56. The lowest BCUT2D eigenvalue weighted by Gasteiger charge is -2.15. The van der Waals surface area contributed by atoms with Crippen molar-refractivity contribution in [1.82, 2.24) is 0 Å². The fraction of sp³-hybridized carbons (Fsp3) is 0.222. The van der Waals surface area contributed by atoms with Crippen LogP contribution in [0.4, 0.5) is 11.4 Å². The van der Waals surface area contributed by atoms with E-state index in [1.54, 1.807) is 7.11 Å². The predicted octanol–water partition coefficient (Wildman–Crippen LogP) is 3.15. The molecule has 0 radical (unpaired) electrons. The molecule has 0 saturated carbocycles. The number of carbonyl (C=O) groups excluding carboxylic acids is 1. The summed E-state index contributed by atoms with van der Waals surface area (Å²) in [6, 6.07) is 17.1. The van der Waals surface area contributed by atoms with Crippen molar-refractivity contribution >= 4 is 23.0 Å². The molecular weight excluding hydrogens is 290 g/mol. The Morgan fingerprint density at radius 2 is 1.83 bits per heavy atom. The zero-order chi connectivity index (χ0) is 16.2. The van der Waals surface area contributed by atoms with Gasteiger partial charge in [0, 0.05) is 12.2 Å². The fourth-order valence-corrected chi connectivity index (χ4v) is 2.52. The Balaban J connectivity index is 1.67. The van der Waals surface area contributed by atoms with E-state index in [1.807, 2.05) is 61.5 Å². The number of ether oxygens (including phenoxy) is 1. The highest BCUT2D eigenvalue weighted by Gasteiger charge is 2.33. The number of para-hydroxylation sites is 1. The zero-order valence-electron chi connectivity index (χ0n) is 13.2. The summed E-state index contributed by atoms with van der Waals surface area (Å²) in [7, 11) is 1.64. The maximum atomic E-state index is 12.6. The Kier molecular flexibility index (Phi) is 4.28. The van der Waals surface area contributed by atoms with Gasteiger partial charge in [-0.1, -0.05) is 18.2 Å². The van der Waals surface area contributed by atoms with Crippen molar-refractivity contribution < 1.29 is 9.53 Å². The van der Waals surface area contributed by atoms with Gasteiger partial charge in [-0.05, 0) is 43.3 Å². The van der Waals surface area contributed by atoms with Crippen molar-refractivity contribution in [3.63, 3.8) is 0 Å². The maximum Gasteiger partial charge on any atom is 0.258 e. The van der Waals surface area contributed by atoms with Crippen molar-refractivity contribution in [2.24, 2.45) is 11.0 Å². The highest BCUT2D eigenvalue weighted by atomic mass is 16.5. The lowest BCUT2D eigenvalue weighted by molar-refractivity contribution is -0.119. The average molecular weight is 309 g/mol. The number of rotatable bonds is 5. The van der Waals surface area contributed by atoms with Crippen LogP contribution in [0.5, 0.6) is 5.75 Å². The lowest BCUT2D eigenvalue weighted by atomic mass is 10.0. The molecule has 2 aromatic carbocycles. The molecule has 23 heavy (non-hydrogen) atoms. The quantitative estimate of drug-likeness (QED) is 0.923. The van der Waals surface area contributed by atoms with Crippen molar-refractivity contribution in [3.8, 4) is 5.75 Å². The van der Waals surface area contributed by atoms with E-state index in [0.717, 1.165) is 22.8 Å². The molecule has 1 amide bonds. The van der Waals surface area contributed by atoms with Crippen molar-refractivity contribution in [1.29, 1.82) is 0 Å². The number of methoxy groups -OCH3 is 1. The molecule has 5 nitrogen and oxygen atoms in total. The summed E-state index contributed by atoms with van der Waals surface area (Å²) in [6.07, 6.45) is 0. The number of hydrogen-bond acceptors (Lipinski definition) is 4. The summed E-state index contributed by atoms with van der Waals surface area (Å²) >= 11 is 0. The minimum absolute atomic E-state index is 0.00490. The van der Waals surface area contributed by atoms with E-state index in [9.17, 15) is 4.79 Å². The second kappa shape index (κ2) is 6.52. The van der Waals surface area contributed by atoms with Crippen molar-refractivity contribution in [2.45, 2.75) is 6.92 Å². The topological polar surface area (TPSA) is 53.9 Å². The Morgan fingerprint density at radius 3 is 2.48 bits per heavy atom. The molecule has 0 aliphatic carbocycles. The van der Waals surface area contributed by atoms with Gasteiger partial charge in [-0.3, -0.25) is 4.79 Å². The van der Waals surface area contributed by atoms with Gasteiger partial charge in [-0.2, -0.15) is 5.10 Å². The van der Waals surface area contributed by atoms with Gasteiger partial charge in [0.1, 0.15) is 5.75 Å². The minimum Gasteiger partial charge on any atom is -0.497 e. The summed E-state index contributed by atoms with van der Waals surface area (Å²) < 4.78 is 5.14. The Bertz CT molecular complexity index is 711. The summed E-state index contributed by atoms with van der Waals surface area (Å²) in [6.45, 7) is 2.41. The minimum atomic E-state index is -0.252. The third-order valence-electron chi connectivity index (χ3n) is 3.87. The number of anilines is 2. The van der Waals surface area contributed by atoms with Gasteiger partial charge < -0.3 is 10.1 Å². The first kappa shape index (κ1) is 15.1. The van der Waals surface area contributed by atoms with E-state index in [2.05, 4.69) is 10.4 Å². The van der Waals surface area contributed by atoms with Crippen LogP contribution in [0.15, 0.2) is 59.7 Å². The number of hydrogen-bond donors (Lipinski definition) is 1. The van der Waals surface area contributed by atoms with Gasteiger partial charge in [0.05, 0.1) is 24.4 Å². The van der Waals surface area contributed by atoms with Gasteiger partial charge in [0.15, 0.2) is 0 Å². The van der Waals surface area contributed by atoms with E-state index in [4.69, 9.17) is 4.74 Å². The molecule has 2 aromatic rings. The molecule has 1 atom stereocenters.